The van der Waals surface area contributed by atoms with E-state index in [1.165, 1.54) is 24.3 Å². The van der Waals surface area contributed by atoms with Gasteiger partial charge in [0.2, 0.25) is 0 Å². The minimum atomic E-state index is -1.31. The largest absolute Gasteiger partial charge is 0.481 e. The van der Waals surface area contributed by atoms with Gasteiger partial charge >= 0.3 is 11.9 Å². The lowest BCUT2D eigenvalue weighted by molar-refractivity contribution is -0.140. The van der Waals surface area contributed by atoms with E-state index < -0.39 is 29.7 Å². The summed E-state index contributed by atoms with van der Waals surface area (Å²) in [7, 11) is 0. The molecule has 0 fully saturated rings. The van der Waals surface area contributed by atoms with E-state index in [0.29, 0.717) is 16.3 Å². The van der Waals surface area contributed by atoms with Crippen LogP contribution in [0.5, 0.6) is 0 Å². The number of carboxylic acids is 2. The Morgan fingerprint density at radius 2 is 1.88 bits per heavy atom. The monoisotopic (exact) mass is 366 g/mol. The average molecular weight is 366 g/mol. The summed E-state index contributed by atoms with van der Waals surface area (Å²) in [5, 5.41) is 20.6. The van der Waals surface area contributed by atoms with Gasteiger partial charge in [-0.3, -0.25) is 9.59 Å². The standard InChI is InChI=1S/C16H15FN2O5S/c1-8-13(14(22)19-11(16(23)24)6-7-12(20)21)25-15(18-8)9-2-4-10(17)5-3-9/h2-5,11H,6-7H2,1H3,(H,19,22)(H,20,21)(H,23,24)/t11-/m0/s1. The first kappa shape index (κ1) is 18.5. The minimum absolute atomic E-state index is 0.223. The smallest absolute Gasteiger partial charge is 0.326 e. The normalized spacial score (nSPS) is 11.8. The van der Waals surface area contributed by atoms with Crippen molar-refractivity contribution in [2.75, 3.05) is 0 Å². The van der Waals surface area contributed by atoms with Gasteiger partial charge in [0.25, 0.3) is 5.91 Å². The maximum absolute atomic E-state index is 13.0. The summed E-state index contributed by atoms with van der Waals surface area (Å²) in [4.78, 5) is 38.5. The summed E-state index contributed by atoms with van der Waals surface area (Å²) in [5.41, 5.74) is 1.04. The van der Waals surface area contributed by atoms with Crippen LogP contribution < -0.4 is 5.32 Å². The molecule has 0 spiro atoms. The van der Waals surface area contributed by atoms with Crippen molar-refractivity contribution >= 4 is 29.2 Å². The van der Waals surface area contributed by atoms with E-state index in [1.54, 1.807) is 6.92 Å². The molecule has 0 aliphatic heterocycles. The number of rotatable bonds is 7. The molecule has 9 heteroatoms. The molecule has 0 aliphatic rings. The lowest BCUT2D eigenvalue weighted by Crippen LogP contribution is -2.41. The van der Waals surface area contributed by atoms with Crippen molar-refractivity contribution in [1.29, 1.82) is 0 Å². The Morgan fingerprint density at radius 1 is 1.24 bits per heavy atom. The summed E-state index contributed by atoms with van der Waals surface area (Å²) in [6.45, 7) is 1.60. The molecule has 1 aromatic heterocycles. The van der Waals surface area contributed by atoms with Gasteiger partial charge in [0.05, 0.1) is 5.69 Å². The van der Waals surface area contributed by atoms with Gasteiger partial charge in [-0.2, -0.15) is 0 Å². The van der Waals surface area contributed by atoms with Crippen molar-refractivity contribution in [2.45, 2.75) is 25.8 Å². The van der Waals surface area contributed by atoms with Crippen molar-refractivity contribution in [1.82, 2.24) is 10.3 Å². The molecule has 1 heterocycles. The van der Waals surface area contributed by atoms with E-state index in [-0.39, 0.29) is 17.7 Å². The Bertz CT molecular complexity index is 803. The molecule has 132 valence electrons. The second-order valence-corrected chi connectivity index (χ2v) is 6.24. The number of aromatic nitrogens is 1. The average Bonchev–Trinajstić information content (AvgIpc) is 2.93. The van der Waals surface area contributed by atoms with Crippen LogP contribution in [0.2, 0.25) is 0 Å². The number of carboxylic acid groups (broad SMARTS) is 2. The highest BCUT2D eigenvalue weighted by Crippen LogP contribution is 2.28. The lowest BCUT2D eigenvalue weighted by Gasteiger charge is -2.12. The van der Waals surface area contributed by atoms with Gasteiger partial charge in [-0.05, 0) is 37.6 Å². The Balaban J connectivity index is 2.17. The number of nitrogens with zero attached hydrogens (tertiary/aromatic N) is 1. The van der Waals surface area contributed by atoms with Gasteiger partial charge in [-0.15, -0.1) is 11.3 Å². The summed E-state index contributed by atoms with van der Waals surface area (Å²) < 4.78 is 13.0. The van der Waals surface area contributed by atoms with Crippen LogP contribution in [0.1, 0.15) is 28.2 Å². The third kappa shape index (κ3) is 4.83. The van der Waals surface area contributed by atoms with Crippen molar-refractivity contribution in [3.8, 4) is 10.6 Å². The molecule has 1 atom stereocenters. The number of thiazole rings is 1. The SMILES string of the molecule is Cc1nc(-c2ccc(F)cc2)sc1C(=O)N[C@@H](CCC(=O)O)C(=O)O. The fraction of sp³-hybridized carbons (Fsp3) is 0.250. The highest BCUT2D eigenvalue weighted by Gasteiger charge is 2.24. The number of hydrogen-bond donors (Lipinski definition) is 3. The van der Waals surface area contributed by atoms with Crippen molar-refractivity contribution in [3.05, 3.63) is 40.7 Å². The number of halogens is 1. The number of hydrogen-bond acceptors (Lipinski definition) is 5. The van der Waals surface area contributed by atoms with Gasteiger partial charge in [0.1, 0.15) is 21.7 Å². The number of carbonyl (C=O) groups is 3. The highest BCUT2D eigenvalue weighted by molar-refractivity contribution is 7.17. The Morgan fingerprint density at radius 3 is 2.44 bits per heavy atom. The molecule has 0 unspecified atom stereocenters. The van der Waals surface area contributed by atoms with E-state index in [0.717, 1.165) is 11.3 Å². The zero-order chi connectivity index (χ0) is 18.6. The topological polar surface area (TPSA) is 117 Å². The number of aryl methyl sites for hydroxylation is 1. The number of nitrogens with one attached hydrogen (secondary N) is 1. The Kier molecular flexibility index (Phi) is 5.81. The quantitative estimate of drug-likeness (QED) is 0.692. The fourth-order valence-corrected chi connectivity index (χ4v) is 3.05. The molecule has 3 N–H and O–H groups in total. The molecule has 1 amide bonds. The van der Waals surface area contributed by atoms with Gasteiger partial charge < -0.3 is 15.5 Å². The predicted octanol–water partition coefficient (Wildman–Crippen LogP) is 2.31. The summed E-state index contributed by atoms with van der Waals surface area (Å²) >= 11 is 1.05. The van der Waals surface area contributed by atoms with E-state index in [4.69, 9.17) is 10.2 Å². The van der Waals surface area contributed by atoms with Crippen LogP contribution in [0, 0.1) is 12.7 Å². The van der Waals surface area contributed by atoms with E-state index in [9.17, 15) is 18.8 Å². The molecule has 2 rings (SSSR count). The van der Waals surface area contributed by atoms with E-state index in [1.807, 2.05) is 0 Å². The molecule has 25 heavy (non-hydrogen) atoms. The van der Waals surface area contributed by atoms with Crippen molar-refractivity contribution in [3.63, 3.8) is 0 Å². The molecular weight excluding hydrogens is 351 g/mol. The number of amides is 1. The van der Waals surface area contributed by atoms with Gasteiger partial charge in [-0.1, -0.05) is 0 Å². The summed E-state index contributed by atoms with van der Waals surface area (Å²) in [5.74, 6) is -3.48. The number of benzene rings is 1. The molecule has 7 nitrogen and oxygen atoms in total. The van der Waals surface area contributed by atoms with Crippen LogP contribution in [-0.2, 0) is 9.59 Å². The fourth-order valence-electron chi connectivity index (χ4n) is 2.07. The molecule has 0 radical (unpaired) electrons. The first-order chi connectivity index (χ1) is 11.8. The first-order valence-corrected chi connectivity index (χ1v) is 8.08. The van der Waals surface area contributed by atoms with Crippen LogP contribution in [0.25, 0.3) is 10.6 Å². The zero-order valence-corrected chi connectivity index (χ0v) is 14.0. The second-order valence-electron chi connectivity index (χ2n) is 5.24. The van der Waals surface area contributed by atoms with E-state index in [2.05, 4.69) is 10.3 Å². The van der Waals surface area contributed by atoms with Crippen LogP contribution in [0.3, 0.4) is 0 Å². The minimum Gasteiger partial charge on any atom is -0.481 e. The van der Waals surface area contributed by atoms with Crippen molar-refractivity contribution < 1.29 is 29.0 Å². The second kappa shape index (κ2) is 7.84. The van der Waals surface area contributed by atoms with Gasteiger partial charge in [0.15, 0.2) is 0 Å². The lowest BCUT2D eigenvalue weighted by atomic mass is 10.1. The predicted molar refractivity (Wildman–Crippen MR) is 88.0 cm³/mol. The highest BCUT2D eigenvalue weighted by atomic mass is 32.1. The molecule has 0 saturated heterocycles. The van der Waals surface area contributed by atoms with Gasteiger partial charge in [0, 0.05) is 12.0 Å². The molecular formula is C16H15FN2O5S. The third-order valence-corrected chi connectivity index (χ3v) is 4.55. The molecule has 1 aromatic carbocycles. The third-order valence-electron chi connectivity index (χ3n) is 3.34. The van der Waals surface area contributed by atoms with Crippen LogP contribution >= 0.6 is 11.3 Å². The first-order valence-electron chi connectivity index (χ1n) is 7.26. The van der Waals surface area contributed by atoms with Crippen LogP contribution in [0.15, 0.2) is 24.3 Å². The molecule has 0 aliphatic carbocycles. The zero-order valence-electron chi connectivity index (χ0n) is 13.2. The Labute approximate surface area is 146 Å². The van der Waals surface area contributed by atoms with Crippen LogP contribution in [-0.4, -0.2) is 39.1 Å². The molecule has 2 aromatic rings. The molecule has 0 bridgehead atoms. The molecule has 0 saturated carbocycles. The maximum Gasteiger partial charge on any atom is 0.326 e. The summed E-state index contributed by atoms with van der Waals surface area (Å²) in [6, 6.07) is 4.31. The Hall–Kier alpha value is -2.81. The number of aliphatic carboxylic acids is 2. The number of carbonyl (C=O) groups excluding carboxylic acids is 1. The maximum atomic E-state index is 13.0. The van der Waals surface area contributed by atoms with Crippen LogP contribution in [0.4, 0.5) is 4.39 Å². The van der Waals surface area contributed by atoms with Crippen molar-refractivity contribution in [2.24, 2.45) is 0 Å². The van der Waals surface area contributed by atoms with E-state index >= 15 is 0 Å². The summed E-state index contributed by atoms with van der Waals surface area (Å²) in [6.07, 6.45) is -0.598. The van der Waals surface area contributed by atoms with Gasteiger partial charge in [-0.25, -0.2) is 14.2 Å².